The standard InChI is InChI=1S/C21H17ClN6O/c22-15-3-5-16(6-4-15)25-21-24-9-7-17(26-21)19-18-13-29-11-10-28(18)27-20(19)14-2-1-8-23-12-14/h1-9,12H,10-11,13H2,(H,24,25,26). The molecule has 0 aliphatic carbocycles. The zero-order valence-electron chi connectivity index (χ0n) is 15.4. The monoisotopic (exact) mass is 404 g/mol. The Kier molecular flexibility index (Phi) is 4.67. The van der Waals surface area contributed by atoms with Crippen LogP contribution in [0.25, 0.3) is 22.5 Å². The third kappa shape index (κ3) is 3.57. The van der Waals surface area contributed by atoms with Gasteiger partial charge in [0.05, 0.1) is 36.7 Å². The van der Waals surface area contributed by atoms with E-state index in [1.54, 1.807) is 12.4 Å². The van der Waals surface area contributed by atoms with Crippen molar-refractivity contribution in [1.29, 1.82) is 0 Å². The first-order valence-electron chi connectivity index (χ1n) is 9.22. The molecule has 4 heterocycles. The zero-order valence-corrected chi connectivity index (χ0v) is 16.2. The molecule has 1 N–H and O–H groups in total. The minimum Gasteiger partial charge on any atom is -0.373 e. The molecule has 0 fully saturated rings. The average molecular weight is 405 g/mol. The summed E-state index contributed by atoms with van der Waals surface area (Å²) in [6.45, 7) is 1.85. The summed E-state index contributed by atoms with van der Waals surface area (Å²) in [7, 11) is 0. The first kappa shape index (κ1) is 17.8. The fourth-order valence-corrected chi connectivity index (χ4v) is 3.47. The van der Waals surface area contributed by atoms with Crippen LogP contribution in [0.1, 0.15) is 5.69 Å². The van der Waals surface area contributed by atoms with Gasteiger partial charge < -0.3 is 10.1 Å². The first-order valence-corrected chi connectivity index (χ1v) is 9.59. The van der Waals surface area contributed by atoms with Crippen molar-refractivity contribution in [3.63, 3.8) is 0 Å². The molecular weight excluding hydrogens is 388 g/mol. The molecule has 1 aromatic carbocycles. The molecule has 0 amide bonds. The molecule has 0 bridgehead atoms. The van der Waals surface area contributed by atoms with Gasteiger partial charge in [-0.1, -0.05) is 11.6 Å². The Hall–Kier alpha value is -3.29. The van der Waals surface area contributed by atoms with Gasteiger partial charge in [-0.2, -0.15) is 5.10 Å². The lowest BCUT2D eigenvalue weighted by atomic mass is 10.0. The number of nitrogens with zero attached hydrogens (tertiary/aromatic N) is 5. The molecule has 1 aliphatic heterocycles. The number of hydrogen-bond acceptors (Lipinski definition) is 6. The summed E-state index contributed by atoms with van der Waals surface area (Å²) in [4.78, 5) is 13.3. The minimum absolute atomic E-state index is 0.493. The van der Waals surface area contributed by atoms with Crippen molar-refractivity contribution in [3.8, 4) is 22.5 Å². The van der Waals surface area contributed by atoms with Gasteiger partial charge in [0.25, 0.3) is 0 Å². The van der Waals surface area contributed by atoms with E-state index in [1.165, 1.54) is 0 Å². The predicted octanol–water partition coefficient (Wildman–Crippen LogP) is 4.33. The van der Waals surface area contributed by atoms with Gasteiger partial charge in [-0.15, -0.1) is 0 Å². The lowest BCUT2D eigenvalue weighted by Gasteiger charge is -2.15. The van der Waals surface area contributed by atoms with E-state index in [9.17, 15) is 0 Å². The summed E-state index contributed by atoms with van der Waals surface area (Å²) in [6, 6.07) is 13.2. The Morgan fingerprint density at radius 1 is 1.07 bits per heavy atom. The minimum atomic E-state index is 0.493. The van der Waals surface area contributed by atoms with E-state index in [4.69, 9.17) is 26.4 Å². The number of nitrogens with one attached hydrogen (secondary N) is 1. The molecule has 29 heavy (non-hydrogen) atoms. The molecule has 1 aliphatic rings. The van der Waals surface area contributed by atoms with E-state index in [0.717, 1.165) is 33.9 Å². The number of aromatic nitrogens is 5. The van der Waals surface area contributed by atoms with Crippen molar-refractivity contribution in [2.75, 3.05) is 11.9 Å². The maximum atomic E-state index is 5.97. The predicted molar refractivity (Wildman–Crippen MR) is 111 cm³/mol. The van der Waals surface area contributed by atoms with Crippen LogP contribution in [0.15, 0.2) is 61.1 Å². The Bertz CT molecular complexity index is 1140. The number of anilines is 2. The van der Waals surface area contributed by atoms with Crippen LogP contribution >= 0.6 is 11.6 Å². The fourth-order valence-electron chi connectivity index (χ4n) is 3.34. The number of fused-ring (bicyclic) bond motifs is 1. The van der Waals surface area contributed by atoms with Crippen LogP contribution in [0.3, 0.4) is 0 Å². The molecule has 0 saturated carbocycles. The molecule has 144 valence electrons. The molecule has 0 unspecified atom stereocenters. The lowest BCUT2D eigenvalue weighted by Crippen LogP contribution is -2.17. The van der Waals surface area contributed by atoms with E-state index in [0.29, 0.717) is 30.7 Å². The fraction of sp³-hybridized carbons (Fsp3) is 0.143. The van der Waals surface area contributed by atoms with Crippen molar-refractivity contribution in [3.05, 3.63) is 71.8 Å². The smallest absolute Gasteiger partial charge is 0.227 e. The molecule has 0 saturated heterocycles. The van der Waals surface area contributed by atoms with Crippen LogP contribution in [0.5, 0.6) is 0 Å². The number of ether oxygens (including phenoxy) is 1. The van der Waals surface area contributed by atoms with Gasteiger partial charge in [-0.05, 0) is 42.5 Å². The van der Waals surface area contributed by atoms with Crippen molar-refractivity contribution in [2.24, 2.45) is 0 Å². The number of benzene rings is 1. The van der Waals surface area contributed by atoms with Crippen LogP contribution in [0.2, 0.25) is 5.02 Å². The molecular formula is C21H17ClN6O. The summed E-state index contributed by atoms with van der Waals surface area (Å²) in [5.74, 6) is 0.499. The van der Waals surface area contributed by atoms with Crippen molar-refractivity contribution in [2.45, 2.75) is 13.2 Å². The summed E-state index contributed by atoms with van der Waals surface area (Å²) in [5.41, 5.74) is 5.37. The number of halogens is 1. The molecule has 0 atom stereocenters. The maximum absolute atomic E-state index is 5.97. The topological polar surface area (TPSA) is 77.8 Å². The number of rotatable bonds is 4. The van der Waals surface area contributed by atoms with Crippen LogP contribution in [0.4, 0.5) is 11.6 Å². The maximum Gasteiger partial charge on any atom is 0.227 e. The summed E-state index contributed by atoms with van der Waals surface area (Å²) in [6.07, 6.45) is 5.30. The quantitative estimate of drug-likeness (QED) is 0.545. The summed E-state index contributed by atoms with van der Waals surface area (Å²) >= 11 is 5.97. The van der Waals surface area contributed by atoms with Crippen LogP contribution < -0.4 is 5.32 Å². The third-order valence-electron chi connectivity index (χ3n) is 4.69. The van der Waals surface area contributed by atoms with Gasteiger partial charge >= 0.3 is 0 Å². The molecule has 0 radical (unpaired) electrons. The van der Waals surface area contributed by atoms with Crippen molar-refractivity contribution < 1.29 is 4.74 Å². The molecule has 5 rings (SSSR count). The van der Waals surface area contributed by atoms with E-state index >= 15 is 0 Å². The number of pyridine rings is 1. The molecule has 3 aromatic heterocycles. The molecule has 4 aromatic rings. The zero-order chi connectivity index (χ0) is 19.6. The van der Waals surface area contributed by atoms with Crippen LogP contribution in [-0.2, 0) is 17.9 Å². The van der Waals surface area contributed by atoms with Crippen LogP contribution in [-0.4, -0.2) is 31.3 Å². The van der Waals surface area contributed by atoms with Gasteiger partial charge in [0.1, 0.15) is 5.69 Å². The second-order valence-corrected chi connectivity index (χ2v) is 7.02. The Balaban J connectivity index is 1.58. The highest BCUT2D eigenvalue weighted by atomic mass is 35.5. The second-order valence-electron chi connectivity index (χ2n) is 6.59. The van der Waals surface area contributed by atoms with Crippen molar-refractivity contribution in [1.82, 2.24) is 24.7 Å². The highest BCUT2D eigenvalue weighted by Gasteiger charge is 2.24. The summed E-state index contributed by atoms with van der Waals surface area (Å²) < 4.78 is 7.69. The largest absolute Gasteiger partial charge is 0.373 e. The second kappa shape index (κ2) is 7.62. The summed E-state index contributed by atoms with van der Waals surface area (Å²) in [5, 5.41) is 8.72. The van der Waals surface area contributed by atoms with Gasteiger partial charge in [0, 0.05) is 34.9 Å². The van der Waals surface area contributed by atoms with E-state index in [2.05, 4.69) is 15.3 Å². The highest BCUT2D eigenvalue weighted by Crippen LogP contribution is 2.35. The van der Waals surface area contributed by atoms with Crippen LogP contribution in [0, 0.1) is 0 Å². The Morgan fingerprint density at radius 2 is 1.97 bits per heavy atom. The number of hydrogen-bond donors (Lipinski definition) is 1. The molecule has 8 heteroatoms. The van der Waals surface area contributed by atoms with E-state index < -0.39 is 0 Å². The Morgan fingerprint density at radius 3 is 2.79 bits per heavy atom. The average Bonchev–Trinajstić information content (AvgIpc) is 3.16. The van der Waals surface area contributed by atoms with Gasteiger partial charge in [-0.25, -0.2) is 9.97 Å². The van der Waals surface area contributed by atoms with E-state index in [1.807, 2.05) is 53.3 Å². The lowest BCUT2D eigenvalue weighted by molar-refractivity contribution is 0.0804. The van der Waals surface area contributed by atoms with Crippen molar-refractivity contribution >= 4 is 23.2 Å². The molecule has 0 spiro atoms. The third-order valence-corrected chi connectivity index (χ3v) is 4.94. The highest BCUT2D eigenvalue weighted by molar-refractivity contribution is 6.30. The van der Waals surface area contributed by atoms with Gasteiger partial charge in [-0.3, -0.25) is 9.67 Å². The molecule has 7 nitrogen and oxygen atoms in total. The van der Waals surface area contributed by atoms with Gasteiger partial charge in [0.2, 0.25) is 5.95 Å². The van der Waals surface area contributed by atoms with E-state index in [-0.39, 0.29) is 0 Å². The first-order chi connectivity index (χ1) is 14.3. The normalized spacial score (nSPS) is 13.1. The van der Waals surface area contributed by atoms with Gasteiger partial charge in [0.15, 0.2) is 0 Å². The Labute approximate surface area is 172 Å². The SMILES string of the molecule is Clc1ccc(Nc2nccc(-c3c(-c4cccnc4)nn4c3COCC4)n2)cc1.